The molecule has 0 saturated heterocycles. The molecule has 3 unspecified atom stereocenters. The van der Waals surface area contributed by atoms with E-state index in [9.17, 15) is 19.0 Å². The Bertz CT molecular complexity index is 2360. The standard InChI is InChI=1S/C50H79N6O12P2/c1-36(2)67-69(59,63-34-55-32-38(22-24-53(4)5)44-28-43(61-8)20-21-46(44)55)51-30-49(57)65-37(3)26-40-27-47-45(29-48(40)62-9)39(23-25-54(6)7)33-56(47)35-64-70(60,68-42-18-14-11-15-19-42)52-31-50(58)66-41-16-12-10-13-17-41/h20-21,27-29,32-33,36-37,41-42,52,60H,10-19,22-26,30-31,34-35H2,1-9H3,(H,51,59)/q+1. The third-order valence-corrected chi connectivity index (χ3v) is 16.0. The van der Waals surface area contributed by atoms with Gasteiger partial charge in [0.1, 0.15) is 49.6 Å². The van der Waals surface area contributed by atoms with E-state index in [1.807, 2.05) is 80.1 Å². The summed E-state index contributed by atoms with van der Waals surface area (Å²) in [7, 11) is 3.55. The van der Waals surface area contributed by atoms with Crippen molar-refractivity contribution in [3.05, 3.63) is 59.4 Å². The first-order valence-electron chi connectivity index (χ1n) is 24.9. The number of aromatic nitrogens is 2. The summed E-state index contributed by atoms with van der Waals surface area (Å²) in [6.45, 7) is 6.05. The van der Waals surface area contributed by atoms with Gasteiger partial charge in [0.25, 0.3) is 0 Å². The molecule has 390 valence electrons. The molecule has 2 aromatic heterocycles. The van der Waals surface area contributed by atoms with Gasteiger partial charge in [0.05, 0.1) is 31.4 Å². The van der Waals surface area contributed by atoms with Crippen LogP contribution in [0.5, 0.6) is 11.5 Å². The molecule has 0 aliphatic heterocycles. The Morgan fingerprint density at radius 1 is 0.771 bits per heavy atom. The maximum Gasteiger partial charge on any atom is 0.501 e. The van der Waals surface area contributed by atoms with Gasteiger partial charge in [-0.1, -0.05) is 25.7 Å². The van der Waals surface area contributed by atoms with Gasteiger partial charge in [0.2, 0.25) is 0 Å². The summed E-state index contributed by atoms with van der Waals surface area (Å²) in [5.41, 5.74) is 4.60. The van der Waals surface area contributed by atoms with Crippen LogP contribution in [0.25, 0.3) is 21.8 Å². The van der Waals surface area contributed by atoms with Crippen LogP contribution >= 0.6 is 15.8 Å². The summed E-state index contributed by atoms with van der Waals surface area (Å²) in [4.78, 5) is 42.6. The van der Waals surface area contributed by atoms with E-state index < -0.39 is 46.5 Å². The molecule has 3 N–H and O–H groups in total. The Morgan fingerprint density at radius 3 is 1.99 bits per heavy atom. The van der Waals surface area contributed by atoms with Crippen LogP contribution in [0.4, 0.5) is 0 Å². The lowest BCUT2D eigenvalue weighted by Gasteiger charge is -2.25. The quantitative estimate of drug-likeness (QED) is 0.0363. The van der Waals surface area contributed by atoms with Crippen LogP contribution < -0.4 is 19.6 Å². The highest BCUT2D eigenvalue weighted by atomic mass is 31.2. The molecular weight excluding hydrogens is 939 g/mol. The lowest BCUT2D eigenvalue weighted by atomic mass is 9.98. The number of esters is 2. The van der Waals surface area contributed by atoms with E-state index in [1.54, 1.807) is 35.0 Å². The van der Waals surface area contributed by atoms with E-state index >= 15 is 0 Å². The summed E-state index contributed by atoms with van der Waals surface area (Å²) >= 11 is 0. The normalized spacial score (nSPS) is 17.3. The third kappa shape index (κ3) is 16.4. The molecule has 2 aliphatic rings. The van der Waals surface area contributed by atoms with Crippen molar-refractivity contribution in [1.29, 1.82) is 0 Å². The highest BCUT2D eigenvalue weighted by Gasteiger charge is 2.46. The van der Waals surface area contributed by atoms with Gasteiger partial charge in [-0.05, 0) is 147 Å². The topological polar surface area (TPSA) is 186 Å². The van der Waals surface area contributed by atoms with Gasteiger partial charge in [-0.2, -0.15) is 9.42 Å². The Morgan fingerprint density at radius 2 is 1.39 bits per heavy atom. The van der Waals surface area contributed by atoms with Crippen molar-refractivity contribution in [2.75, 3.05) is 68.6 Å². The molecule has 0 spiro atoms. The van der Waals surface area contributed by atoms with Crippen molar-refractivity contribution in [3.63, 3.8) is 0 Å². The zero-order valence-corrected chi connectivity index (χ0v) is 44.7. The van der Waals surface area contributed by atoms with Crippen molar-refractivity contribution in [3.8, 4) is 11.5 Å². The summed E-state index contributed by atoms with van der Waals surface area (Å²) in [5.74, 6) is 0.256. The molecule has 0 bridgehead atoms. The Kier molecular flexibility index (Phi) is 21.0. The van der Waals surface area contributed by atoms with E-state index in [2.05, 4.69) is 20.0 Å². The van der Waals surface area contributed by atoms with Crippen molar-refractivity contribution in [1.82, 2.24) is 29.1 Å². The fourth-order valence-corrected chi connectivity index (χ4v) is 11.9. The van der Waals surface area contributed by atoms with Gasteiger partial charge in [-0.25, -0.2) is 9.65 Å². The van der Waals surface area contributed by atoms with Gasteiger partial charge in [0.15, 0.2) is 6.73 Å². The SMILES string of the molecule is COc1ccc2c(c1)c(CCN(C)C)cn2COP(=O)(NCC(=O)OC(C)Cc1cc2c(cc1OC)c(CCN(C)C)cn2CO[P+](O)(NCC(=O)OC1CCCCC1)OC1CCCCC1)OC(C)C. The van der Waals surface area contributed by atoms with Crippen LogP contribution in [0.15, 0.2) is 42.7 Å². The average molecular weight is 1020 g/mol. The van der Waals surface area contributed by atoms with Crippen molar-refractivity contribution >= 4 is 49.6 Å². The van der Waals surface area contributed by atoms with Crippen molar-refractivity contribution in [2.24, 2.45) is 0 Å². The first-order valence-corrected chi connectivity index (χ1v) is 28.0. The second kappa shape index (κ2) is 26.4. The Balaban J connectivity index is 1.14. The van der Waals surface area contributed by atoms with E-state index in [4.69, 9.17) is 37.0 Å². The monoisotopic (exact) mass is 1020 g/mol. The number of hydrogen-bond acceptors (Lipinski definition) is 15. The van der Waals surface area contributed by atoms with Gasteiger partial charge < -0.3 is 37.9 Å². The van der Waals surface area contributed by atoms with E-state index in [0.29, 0.717) is 5.75 Å². The second-order valence-electron chi connectivity index (χ2n) is 19.4. The number of hydrogen-bond donors (Lipinski definition) is 3. The maximum absolute atomic E-state index is 14.1. The molecule has 0 radical (unpaired) electrons. The number of carbonyl (C=O) groups excluding carboxylic acids is 2. The molecule has 0 amide bonds. The smallest absolute Gasteiger partial charge is 0.497 e. The number of likely N-dealkylation sites (N-methyl/N-ethyl adjacent to an activating group) is 2. The van der Waals surface area contributed by atoms with Crippen LogP contribution in [-0.2, 0) is 74.4 Å². The number of ether oxygens (including phenoxy) is 4. The van der Waals surface area contributed by atoms with Crippen LogP contribution in [0.1, 0.15) is 102 Å². The number of benzene rings is 2. The number of rotatable bonds is 28. The fourth-order valence-electron chi connectivity index (χ4n) is 9.07. The third-order valence-electron chi connectivity index (χ3n) is 12.7. The second-order valence-corrected chi connectivity index (χ2v) is 23.0. The molecular formula is C50H79N6O12P2+. The molecule has 2 saturated carbocycles. The molecule has 18 nitrogen and oxygen atoms in total. The van der Waals surface area contributed by atoms with E-state index in [1.165, 1.54) is 0 Å². The summed E-state index contributed by atoms with van der Waals surface area (Å²) in [6, 6.07) is 9.75. The highest BCUT2D eigenvalue weighted by Crippen LogP contribution is 2.55. The van der Waals surface area contributed by atoms with Gasteiger partial charge in [-0.3, -0.25) is 18.6 Å². The van der Waals surface area contributed by atoms with Gasteiger partial charge in [0, 0.05) is 42.7 Å². The molecule has 4 aromatic rings. The molecule has 2 aliphatic carbocycles. The minimum atomic E-state index is -4.02. The van der Waals surface area contributed by atoms with Crippen molar-refractivity contribution < 1.29 is 56.1 Å². The highest BCUT2D eigenvalue weighted by molar-refractivity contribution is 7.58. The number of methoxy groups -OCH3 is 2. The molecule has 70 heavy (non-hydrogen) atoms. The zero-order valence-electron chi connectivity index (χ0n) is 42.9. The summed E-state index contributed by atoms with van der Waals surface area (Å²) in [6.07, 6.45) is 14.0. The molecule has 2 fully saturated rings. The molecule has 6 rings (SSSR count). The predicted molar refractivity (Wildman–Crippen MR) is 273 cm³/mol. The maximum atomic E-state index is 14.1. The molecule has 20 heteroatoms. The van der Waals surface area contributed by atoms with Crippen molar-refractivity contribution in [2.45, 2.75) is 142 Å². The first kappa shape index (κ1) is 55.7. The minimum absolute atomic E-state index is 0.0738. The van der Waals surface area contributed by atoms with Crippen LogP contribution in [-0.4, -0.2) is 129 Å². The van der Waals surface area contributed by atoms with Gasteiger partial charge >= 0.3 is 27.8 Å². The van der Waals surface area contributed by atoms with E-state index in [-0.39, 0.29) is 38.6 Å². The average Bonchev–Trinajstić information content (AvgIpc) is 3.86. The molecule has 2 aromatic carbocycles. The fraction of sp³-hybridized carbons (Fsp3) is 0.640. The summed E-state index contributed by atoms with van der Waals surface area (Å²) < 4.78 is 65.4. The number of nitrogens with zero attached hydrogens (tertiary/aromatic N) is 4. The van der Waals surface area contributed by atoms with Crippen LogP contribution in [0.3, 0.4) is 0 Å². The largest absolute Gasteiger partial charge is 0.501 e. The number of fused-ring (bicyclic) bond motifs is 2. The number of carbonyl (C=O) groups is 2. The predicted octanol–water partition coefficient (Wildman–Crippen LogP) is 8.55. The molecule has 3 atom stereocenters. The lowest BCUT2D eigenvalue weighted by Crippen LogP contribution is -2.32. The first-order chi connectivity index (χ1) is 33.4. The Hall–Kier alpha value is -3.64. The van der Waals surface area contributed by atoms with E-state index in [0.717, 1.165) is 134 Å². The van der Waals surface area contributed by atoms with Crippen LogP contribution in [0, 0.1) is 0 Å². The molecule has 2 heterocycles. The zero-order chi connectivity index (χ0) is 50.4. The number of nitrogens with one attached hydrogen (secondary N) is 2. The van der Waals surface area contributed by atoms with Crippen LogP contribution in [0.2, 0.25) is 0 Å². The van der Waals surface area contributed by atoms with Gasteiger partial charge in [-0.15, -0.1) is 9.61 Å². The minimum Gasteiger partial charge on any atom is -0.497 e. The summed E-state index contributed by atoms with van der Waals surface area (Å²) in [5, 5.41) is 7.63. The lowest BCUT2D eigenvalue weighted by molar-refractivity contribution is -0.149. The Labute approximate surface area is 415 Å².